The summed E-state index contributed by atoms with van der Waals surface area (Å²) in [6.07, 6.45) is 2.44. The number of anilines is 2. The molecule has 5 heteroatoms. The normalized spacial score (nSPS) is 14.0. The number of thiophene rings is 1. The van der Waals surface area contributed by atoms with Crippen molar-refractivity contribution in [3.63, 3.8) is 0 Å². The van der Waals surface area contributed by atoms with Crippen molar-refractivity contribution < 1.29 is 0 Å². The summed E-state index contributed by atoms with van der Waals surface area (Å²) in [6.45, 7) is 7.19. The van der Waals surface area contributed by atoms with Gasteiger partial charge in [0.25, 0.3) is 0 Å². The molecule has 0 amide bonds. The fourth-order valence-electron chi connectivity index (χ4n) is 10.8. The van der Waals surface area contributed by atoms with Gasteiger partial charge in [0.05, 0.1) is 38.2 Å². The van der Waals surface area contributed by atoms with Crippen LogP contribution < -0.4 is 15.3 Å². The van der Waals surface area contributed by atoms with Crippen LogP contribution in [0.3, 0.4) is 0 Å². The van der Waals surface area contributed by atoms with Crippen molar-refractivity contribution in [2.45, 2.75) is 12.3 Å². The molecule has 3 aromatic heterocycles. The van der Waals surface area contributed by atoms with Crippen LogP contribution in [0.5, 0.6) is 0 Å². The van der Waals surface area contributed by atoms with E-state index in [9.17, 15) is 0 Å². The molecule has 1 aliphatic heterocycles. The average molecular weight is 861 g/mol. The fraction of sp³-hybridized carbons (Fsp3) is 0.0328. The zero-order chi connectivity index (χ0) is 43.9. The molecule has 0 saturated heterocycles. The molecule has 0 fully saturated rings. The smallest absolute Gasteiger partial charge is 0.160 e. The van der Waals surface area contributed by atoms with Crippen LogP contribution in [0, 0.1) is 0 Å². The standard InChI is InChI=1S/C61H40N4S/c1-38-48(37-52-39(2)65(43-21-7-4-8-22-43)54-31-17-15-29-51(54)61(52)49-27-13-9-23-44(49)45-24-10-14-28-50(45)61)46-25-11-16-30-53(46)62-56(38)40-33-35-41(36-34-40)57-59-58(47-26-12-18-32-55(47)66-59)64-60(63-57)42-19-5-3-6-20-42/h3-37H,1H2,2H3/b48-37+. The van der Waals surface area contributed by atoms with Crippen molar-refractivity contribution in [3.05, 3.63) is 245 Å². The monoisotopic (exact) mass is 860 g/mol. The van der Waals surface area contributed by atoms with E-state index in [1.807, 2.05) is 18.2 Å². The Bertz CT molecular complexity index is 3860. The number of hydrogen-bond acceptors (Lipinski definition) is 5. The van der Waals surface area contributed by atoms with Gasteiger partial charge in [-0.15, -0.1) is 11.3 Å². The van der Waals surface area contributed by atoms with Crippen LogP contribution in [0.1, 0.15) is 23.6 Å². The van der Waals surface area contributed by atoms with Crippen LogP contribution in [-0.2, 0) is 5.41 Å². The molecule has 0 radical (unpaired) electrons. The molecule has 310 valence electrons. The highest BCUT2D eigenvalue weighted by atomic mass is 32.1. The predicted molar refractivity (Wildman–Crippen MR) is 275 cm³/mol. The SMILES string of the molecule is C=c1c(-c2ccc(-c3nc(-c4ccccc4)nc4c3sc3ccccc34)cc2)nc2ccccc2/c1=C/C1=C(C)N(c2ccccc2)c2ccccc2C12c1ccccc1-c1ccccc12. The molecule has 0 unspecified atom stereocenters. The van der Waals surface area contributed by atoms with Gasteiger partial charge < -0.3 is 4.90 Å². The second kappa shape index (κ2) is 14.9. The summed E-state index contributed by atoms with van der Waals surface area (Å²) < 4.78 is 2.27. The third-order valence-corrected chi connectivity index (χ3v) is 14.8. The second-order valence-electron chi connectivity index (χ2n) is 17.2. The molecule has 8 aromatic carbocycles. The summed E-state index contributed by atoms with van der Waals surface area (Å²) in [5, 5.41) is 4.13. The summed E-state index contributed by atoms with van der Waals surface area (Å²) in [5.74, 6) is 0.716. The van der Waals surface area contributed by atoms with Gasteiger partial charge in [0, 0.05) is 48.8 Å². The molecule has 2 aliphatic rings. The molecule has 66 heavy (non-hydrogen) atoms. The van der Waals surface area contributed by atoms with Gasteiger partial charge in [0.2, 0.25) is 0 Å². The van der Waals surface area contributed by atoms with Crippen molar-refractivity contribution in [1.29, 1.82) is 0 Å². The number of pyridine rings is 1. The van der Waals surface area contributed by atoms with Gasteiger partial charge in [-0.1, -0.05) is 183 Å². The Morgan fingerprint density at radius 3 is 1.82 bits per heavy atom. The van der Waals surface area contributed by atoms with E-state index in [0.29, 0.717) is 5.82 Å². The van der Waals surface area contributed by atoms with Crippen LogP contribution in [0.15, 0.2) is 218 Å². The van der Waals surface area contributed by atoms with Crippen molar-refractivity contribution in [2.75, 3.05) is 4.90 Å². The summed E-state index contributed by atoms with van der Waals surface area (Å²) in [7, 11) is 0. The van der Waals surface area contributed by atoms with Crippen LogP contribution in [0.2, 0.25) is 0 Å². The first-order chi connectivity index (χ1) is 32.6. The first-order valence-electron chi connectivity index (χ1n) is 22.4. The second-order valence-corrected chi connectivity index (χ2v) is 18.2. The molecular weight excluding hydrogens is 821 g/mol. The Morgan fingerprint density at radius 2 is 1.09 bits per heavy atom. The summed E-state index contributed by atoms with van der Waals surface area (Å²) in [5.41, 5.74) is 17.1. The molecule has 0 N–H and O–H groups in total. The van der Waals surface area contributed by atoms with Gasteiger partial charge in [-0.25, -0.2) is 15.0 Å². The fourth-order valence-corrected chi connectivity index (χ4v) is 11.9. The number of nitrogens with zero attached hydrogens (tertiary/aromatic N) is 4. The van der Waals surface area contributed by atoms with E-state index in [4.69, 9.17) is 21.5 Å². The number of benzene rings is 8. The van der Waals surface area contributed by atoms with E-state index < -0.39 is 5.41 Å². The maximum absolute atomic E-state index is 5.38. The Balaban J connectivity index is 1.05. The van der Waals surface area contributed by atoms with E-state index in [2.05, 4.69) is 206 Å². The average Bonchev–Trinajstić information content (AvgIpc) is 3.90. The summed E-state index contributed by atoms with van der Waals surface area (Å²) >= 11 is 1.74. The predicted octanol–water partition coefficient (Wildman–Crippen LogP) is 14.0. The Labute approximate surface area is 386 Å². The minimum atomic E-state index is -0.605. The number of hydrogen-bond donors (Lipinski definition) is 0. The van der Waals surface area contributed by atoms with Crippen LogP contribution >= 0.6 is 11.3 Å². The van der Waals surface area contributed by atoms with Gasteiger partial charge in [0.1, 0.15) is 0 Å². The van der Waals surface area contributed by atoms with Crippen LogP contribution in [0.25, 0.3) is 88.9 Å². The third kappa shape index (κ3) is 5.60. The Morgan fingerprint density at radius 1 is 0.515 bits per heavy atom. The summed E-state index contributed by atoms with van der Waals surface area (Å²) in [4.78, 5) is 18.2. The maximum atomic E-state index is 5.38. The van der Waals surface area contributed by atoms with Crippen molar-refractivity contribution >= 4 is 66.6 Å². The van der Waals surface area contributed by atoms with E-state index >= 15 is 0 Å². The lowest BCUT2D eigenvalue weighted by molar-refractivity contribution is 0.741. The Kier molecular flexibility index (Phi) is 8.64. The van der Waals surface area contributed by atoms with Crippen LogP contribution in [0.4, 0.5) is 11.4 Å². The highest BCUT2D eigenvalue weighted by molar-refractivity contribution is 7.26. The van der Waals surface area contributed by atoms with Crippen molar-refractivity contribution in [2.24, 2.45) is 0 Å². The van der Waals surface area contributed by atoms with Crippen LogP contribution in [-0.4, -0.2) is 15.0 Å². The number of allylic oxidation sites excluding steroid dienone is 2. The molecule has 0 saturated carbocycles. The van der Waals surface area contributed by atoms with Gasteiger partial charge in [0.15, 0.2) is 5.82 Å². The number of rotatable bonds is 5. The van der Waals surface area contributed by atoms with Gasteiger partial charge in [-0.05, 0) is 81.9 Å². The lowest BCUT2D eigenvalue weighted by atomic mass is 9.64. The lowest BCUT2D eigenvalue weighted by Crippen LogP contribution is -2.39. The highest BCUT2D eigenvalue weighted by Crippen LogP contribution is 2.62. The first-order valence-corrected chi connectivity index (χ1v) is 23.2. The zero-order valence-electron chi connectivity index (χ0n) is 36.1. The zero-order valence-corrected chi connectivity index (χ0v) is 36.9. The molecule has 4 nitrogen and oxygen atoms in total. The van der Waals surface area contributed by atoms with Gasteiger partial charge >= 0.3 is 0 Å². The number of fused-ring (bicyclic) bond motifs is 11. The molecule has 0 bridgehead atoms. The minimum Gasteiger partial charge on any atom is -0.314 e. The molecule has 1 aliphatic carbocycles. The van der Waals surface area contributed by atoms with E-state index in [-0.39, 0.29) is 0 Å². The molecule has 0 atom stereocenters. The van der Waals surface area contributed by atoms with Crippen molar-refractivity contribution in [3.8, 4) is 45.0 Å². The molecule has 11 aromatic rings. The highest BCUT2D eigenvalue weighted by Gasteiger charge is 2.51. The molecule has 1 spiro atoms. The third-order valence-electron chi connectivity index (χ3n) is 13.7. The summed E-state index contributed by atoms with van der Waals surface area (Å²) in [6, 6.07) is 73.7. The molecular formula is C61H40N4S. The van der Waals surface area contributed by atoms with Gasteiger partial charge in [-0.2, -0.15) is 0 Å². The molecule has 13 rings (SSSR count). The van der Waals surface area contributed by atoms with E-state index in [1.165, 1.54) is 43.8 Å². The Hall–Kier alpha value is -8.25. The lowest BCUT2D eigenvalue weighted by Gasteiger charge is -2.45. The van der Waals surface area contributed by atoms with E-state index in [0.717, 1.165) is 76.4 Å². The molecule has 4 heterocycles. The van der Waals surface area contributed by atoms with Crippen molar-refractivity contribution in [1.82, 2.24) is 15.0 Å². The maximum Gasteiger partial charge on any atom is 0.160 e. The topological polar surface area (TPSA) is 41.9 Å². The van der Waals surface area contributed by atoms with Gasteiger partial charge in [-0.3, -0.25) is 0 Å². The largest absolute Gasteiger partial charge is 0.314 e. The number of para-hydroxylation sites is 3. The first kappa shape index (κ1) is 38.2. The van der Waals surface area contributed by atoms with E-state index in [1.54, 1.807) is 11.3 Å². The minimum absolute atomic E-state index is 0.605. The quantitative estimate of drug-likeness (QED) is 0.173. The number of aromatic nitrogens is 3.